The van der Waals surface area contributed by atoms with Crippen LogP contribution in [-0.2, 0) is 61.3 Å². The van der Waals surface area contributed by atoms with Crippen LogP contribution >= 0.6 is 7.82 Å². The summed E-state index contributed by atoms with van der Waals surface area (Å²) in [7, 11) is -4.64. The zero-order chi connectivity index (χ0) is 4.50. The van der Waals surface area contributed by atoms with Crippen molar-refractivity contribution < 1.29 is 75.9 Å². The smallest absolute Gasteiger partial charge is 0.303 e. The number of rotatable bonds is 0. The van der Waals surface area contributed by atoms with E-state index in [2.05, 4.69) is 0 Å². The first-order valence-corrected chi connectivity index (χ1v) is 2.35. The third kappa shape index (κ3) is 104. The average Bonchev–Trinajstić information content (AvgIpc) is 0.722. The molecule has 0 aromatic carbocycles. The van der Waals surface area contributed by atoms with Crippen LogP contribution in [0.3, 0.4) is 0 Å². The van der Waals surface area contributed by atoms with Gasteiger partial charge in [-0.15, -0.1) is 0 Å². The van der Waals surface area contributed by atoms with Gasteiger partial charge in [0.05, 0.1) is 0 Å². The Kier molecular flexibility index (Phi) is 25.1. The van der Waals surface area contributed by atoms with Gasteiger partial charge in [0.1, 0.15) is 0 Å². The summed E-state index contributed by atoms with van der Waals surface area (Å²) in [5.74, 6) is 0. The standard InChI is InChI=1S/Cu.Mo.H3O4P.V/c;;1-5(2,3)4;/h;;(H3,1,2,3,4);. The van der Waals surface area contributed by atoms with E-state index in [0.29, 0.717) is 0 Å². The van der Waals surface area contributed by atoms with Crippen molar-refractivity contribution in [2.24, 2.45) is 0 Å². The van der Waals surface area contributed by atoms with E-state index in [-0.39, 0.29) is 56.7 Å². The first kappa shape index (κ1) is 22.5. The zero-order valence-corrected chi connectivity index (χ0v) is 8.59. The molecule has 2 radical (unpaired) electrons. The Morgan fingerprint density at radius 2 is 1.12 bits per heavy atom. The summed E-state index contributed by atoms with van der Waals surface area (Å²) >= 11 is 0. The molecular weight excluding hydrogens is 305 g/mol. The van der Waals surface area contributed by atoms with Gasteiger partial charge in [-0.2, -0.15) is 0 Å². The van der Waals surface area contributed by atoms with Crippen molar-refractivity contribution in [2.75, 3.05) is 0 Å². The molecule has 0 saturated carbocycles. The maximum absolute atomic E-state index is 8.88. The van der Waals surface area contributed by atoms with E-state index in [1.165, 1.54) is 0 Å². The number of hydrogen-bond acceptors (Lipinski definition) is 1. The van der Waals surface area contributed by atoms with E-state index in [4.69, 9.17) is 19.2 Å². The molecule has 8 heteroatoms. The topological polar surface area (TPSA) is 77.8 Å². The molecule has 4 nitrogen and oxygen atoms in total. The van der Waals surface area contributed by atoms with Gasteiger partial charge >= 0.3 is 7.82 Å². The molecule has 0 amide bonds. The maximum atomic E-state index is 8.88. The molecule has 0 aromatic heterocycles. The van der Waals surface area contributed by atoms with E-state index < -0.39 is 7.82 Å². The minimum atomic E-state index is -4.64. The summed E-state index contributed by atoms with van der Waals surface area (Å²) < 4.78 is 8.88. The molecule has 0 fully saturated rings. The second-order valence-electron chi connectivity index (χ2n) is 0.513. The van der Waals surface area contributed by atoms with Crippen LogP contribution in [-0.4, -0.2) is 14.7 Å². The van der Waals surface area contributed by atoms with Gasteiger partial charge in [0, 0.05) is 56.7 Å². The number of phosphoric acid groups is 1. The molecule has 0 bridgehead atoms. The molecule has 0 saturated heterocycles. The van der Waals surface area contributed by atoms with Crippen LogP contribution in [0, 0.1) is 0 Å². The first-order valence-electron chi connectivity index (χ1n) is 0.783. The predicted octanol–water partition coefficient (Wildman–Crippen LogP) is -0.936. The van der Waals surface area contributed by atoms with Gasteiger partial charge in [0.25, 0.3) is 0 Å². The Hall–Kier alpha value is 1.90. The predicted molar refractivity (Wildman–Crippen MR) is 14.3 cm³/mol. The van der Waals surface area contributed by atoms with Crippen LogP contribution in [0.25, 0.3) is 0 Å². The first-order chi connectivity index (χ1) is 2.00. The molecule has 54 valence electrons. The van der Waals surface area contributed by atoms with Gasteiger partial charge in [-0.05, 0) is 0 Å². The van der Waals surface area contributed by atoms with Crippen molar-refractivity contribution in [3.05, 3.63) is 0 Å². The molecule has 0 unspecified atom stereocenters. The van der Waals surface area contributed by atoms with Crippen molar-refractivity contribution in [3.63, 3.8) is 0 Å². The molecule has 0 aromatic rings. The maximum Gasteiger partial charge on any atom is 0.466 e. The largest absolute Gasteiger partial charge is 0.466 e. The Labute approximate surface area is 83.3 Å². The van der Waals surface area contributed by atoms with Gasteiger partial charge in [-0.25, -0.2) is 4.57 Å². The van der Waals surface area contributed by atoms with Crippen molar-refractivity contribution >= 4 is 7.82 Å². The fourth-order valence-corrected chi connectivity index (χ4v) is 0. The molecule has 3 N–H and O–H groups in total. The molecule has 0 aliphatic heterocycles. The van der Waals surface area contributed by atoms with Crippen molar-refractivity contribution in [2.45, 2.75) is 0 Å². The third-order valence-corrected chi connectivity index (χ3v) is 0. The van der Waals surface area contributed by atoms with E-state index in [1.807, 2.05) is 0 Å². The summed E-state index contributed by atoms with van der Waals surface area (Å²) in [6.45, 7) is 0. The van der Waals surface area contributed by atoms with Gasteiger partial charge < -0.3 is 14.7 Å². The molecule has 0 rings (SSSR count). The Balaban J connectivity index is -0.0000000267. The minimum Gasteiger partial charge on any atom is -0.303 e. The molecule has 0 aliphatic carbocycles. The summed E-state index contributed by atoms with van der Waals surface area (Å²) in [6, 6.07) is 0. The summed E-state index contributed by atoms with van der Waals surface area (Å²) in [4.78, 5) is 21.6. The van der Waals surface area contributed by atoms with Crippen LogP contribution < -0.4 is 0 Å². The quantitative estimate of drug-likeness (QED) is 0.399. The van der Waals surface area contributed by atoms with Crippen LogP contribution in [0.1, 0.15) is 0 Å². The second kappa shape index (κ2) is 8.90. The van der Waals surface area contributed by atoms with Crippen LogP contribution in [0.15, 0.2) is 0 Å². The molecule has 0 atom stereocenters. The minimum absolute atomic E-state index is 0. The normalized spacial score (nSPS) is 7.38. The molecule has 0 aliphatic rings. The third-order valence-electron chi connectivity index (χ3n) is 0. The molecule has 8 heavy (non-hydrogen) atoms. The van der Waals surface area contributed by atoms with E-state index >= 15 is 0 Å². The van der Waals surface area contributed by atoms with Crippen molar-refractivity contribution in [1.29, 1.82) is 0 Å². The second-order valence-corrected chi connectivity index (χ2v) is 1.54. The van der Waals surface area contributed by atoms with Crippen LogP contribution in [0.4, 0.5) is 0 Å². The molecule has 0 spiro atoms. The number of hydrogen-bond donors (Lipinski definition) is 3. The summed E-state index contributed by atoms with van der Waals surface area (Å²) in [5.41, 5.74) is 0. The Morgan fingerprint density at radius 3 is 1.12 bits per heavy atom. The van der Waals surface area contributed by atoms with Gasteiger partial charge in [-0.3, -0.25) is 0 Å². The molecular formula is H3CuMoO4PV. The van der Waals surface area contributed by atoms with Crippen molar-refractivity contribution in [3.8, 4) is 0 Å². The Bertz CT molecular complexity index is 62.2. The molecule has 0 heterocycles. The van der Waals surface area contributed by atoms with Gasteiger partial charge in [-0.1, -0.05) is 0 Å². The fourth-order valence-electron chi connectivity index (χ4n) is 0. The fraction of sp³-hybridized carbons (Fsp3) is 0. The van der Waals surface area contributed by atoms with Gasteiger partial charge in [0.15, 0.2) is 0 Å². The monoisotopic (exact) mass is 310 g/mol. The van der Waals surface area contributed by atoms with Gasteiger partial charge in [0.2, 0.25) is 0 Å². The van der Waals surface area contributed by atoms with E-state index in [1.54, 1.807) is 0 Å². The summed E-state index contributed by atoms with van der Waals surface area (Å²) in [6.07, 6.45) is 0. The van der Waals surface area contributed by atoms with Crippen LogP contribution in [0.2, 0.25) is 0 Å². The average molecular weight is 308 g/mol. The van der Waals surface area contributed by atoms with Crippen molar-refractivity contribution in [1.82, 2.24) is 0 Å². The Morgan fingerprint density at radius 1 is 1.12 bits per heavy atom. The van der Waals surface area contributed by atoms with Crippen LogP contribution in [0.5, 0.6) is 0 Å². The summed E-state index contributed by atoms with van der Waals surface area (Å²) in [5, 5.41) is 0. The van der Waals surface area contributed by atoms with E-state index in [0.717, 1.165) is 0 Å². The van der Waals surface area contributed by atoms with E-state index in [9.17, 15) is 0 Å². The zero-order valence-electron chi connectivity index (χ0n) is 3.35. The SMILES string of the molecule is O=P(O)(O)O.[Cu].[Mo].[V].